The largest absolute Gasteiger partial charge is 0.356 e. The second kappa shape index (κ2) is 9.27. The maximum Gasteiger partial charge on any atom is 0.268 e. The first kappa shape index (κ1) is 22.8. The van der Waals surface area contributed by atoms with Gasteiger partial charge < -0.3 is 5.32 Å². The van der Waals surface area contributed by atoms with Crippen molar-refractivity contribution in [1.82, 2.24) is 24.5 Å². The van der Waals surface area contributed by atoms with Crippen molar-refractivity contribution in [2.24, 2.45) is 5.92 Å². The second-order valence-corrected chi connectivity index (χ2v) is 9.30. The molecule has 1 aromatic carbocycles. The molecule has 0 saturated carbocycles. The average Bonchev–Trinajstić information content (AvgIpc) is 3.31. The van der Waals surface area contributed by atoms with Crippen LogP contribution in [0.3, 0.4) is 0 Å². The molecular weight excluding hydrogens is 441 g/mol. The van der Waals surface area contributed by atoms with E-state index in [9.17, 15) is 14.0 Å². The molecule has 33 heavy (non-hydrogen) atoms. The number of hydrogen-bond acceptors (Lipinski definition) is 5. The highest BCUT2D eigenvalue weighted by Gasteiger charge is 2.20. The summed E-state index contributed by atoms with van der Waals surface area (Å²) in [6, 6.07) is 8.10. The van der Waals surface area contributed by atoms with E-state index in [1.54, 1.807) is 43.5 Å². The minimum absolute atomic E-state index is 0.0882. The molecule has 4 aromatic rings. The smallest absolute Gasteiger partial charge is 0.268 e. The van der Waals surface area contributed by atoms with E-state index in [-0.39, 0.29) is 17.9 Å². The molecule has 0 saturated heterocycles. The van der Waals surface area contributed by atoms with Gasteiger partial charge in [-0.15, -0.1) is 11.3 Å². The van der Waals surface area contributed by atoms with E-state index in [1.807, 2.05) is 0 Å². The quantitative estimate of drug-likeness (QED) is 0.444. The first-order valence-electron chi connectivity index (χ1n) is 10.8. The summed E-state index contributed by atoms with van der Waals surface area (Å²) in [4.78, 5) is 31.0. The molecule has 0 unspecified atom stereocenters. The number of carbonyl (C=O) groups is 1. The fourth-order valence-corrected chi connectivity index (χ4v) is 4.64. The monoisotopic (exact) mass is 467 g/mol. The highest BCUT2D eigenvalue weighted by atomic mass is 32.1. The molecule has 3 heterocycles. The van der Waals surface area contributed by atoms with Crippen LogP contribution in [0.25, 0.3) is 21.9 Å². The zero-order valence-corrected chi connectivity index (χ0v) is 19.9. The van der Waals surface area contributed by atoms with Crippen molar-refractivity contribution in [1.29, 1.82) is 0 Å². The molecule has 0 spiro atoms. The number of hydrogen-bond donors (Lipinski definition) is 1. The Morgan fingerprint density at radius 1 is 1.24 bits per heavy atom. The zero-order chi connectivity index (χ0) is 23.7. The van der Waals surface area contributed by atoms with Crippen LogP contribution < -0.4 is 10.9 Å². The third-order valence-electron chi connectivity index (χ3n) is 5.43. The highest BCUT2D eigenvalue weighted by molar-refractivity contribution is 7.15. The van der Waals surface area contributed by atoms with Crippen molar-refractivity contribution in [3.05, 3.63) is 69.0 Å². The third-order valence-corrected chi connectivity index (χ3v) is 6.31. The van der Waals surface area contributed by atoms with Crippen LogP contribution in [-0.2, 0) is 11.2 Å². The second-order valence-electron chi connectivity index (χ2n) is 8.47. The van der Waals surface area contributed by atoms with Gasteiger partial charge in [0.05, 0.1) is 17.7 Å². The van der Waals surface area contributed by atoms with Gasteiger partial charge in [-0.2, -0.15) is 5.10 Å². The minimum Gasteiger partial charge on any atom is -0.356 e. The summed E-state index contributed by atoms with van der Waals surface area (Å²) in [5, 5.41) is 9.22. The van der Waals surface area contributed by atoms with Gasteiger partial charge in [-0.1, -0.05) is 26.0 Å². The minimum atomic E-state index is -0.402. The van der Waals surface area contributed by atoms with Crippen LogP contribution in [0.4, 0.5) is 4.39 Å². The predicted molar refractivity (Wildman–Crippen MR) is 127 cm³/mol. The number of fused-ring (bicyclic) bond motifs is 1. The number of carbonyl (C=O) groups excluding carboxylic acids is 1. The Morgan fingerprint density at radius 2 is 2.00 bits per heavy atom. The van der Waals surface area contributed by atoms with Gasteiger partial charge in [-0.25, -0.2) is 14.1 Å². The van der Waals surface area contributed by atoms with Gasteiger partial charge in [-0.05, 0) is 44.4 Å². The van der Waals surface area contributed by atoms with Crippen molar-refractivity contribution in [3.63, 3.8) is 0 Å². The van der Waals surface area contributed by atoms with E-state index >= 15 is 0 Å². The van der Waals surface area contributed by atoms with Gasteiger partial charge in [0.2, 0.25) is 5.91 Å². The molecule has 172 valence electrons. The first-order chi connectivity index (χ1) is 15.8. The molecule has 0 atom stereocenters. The zero-order valence-electron chi connectivity index (χ0n) is 19.1. The molecule has 0 radical (unpaired) electrons. The molecular formula is C24H26FN5O2S. The number of benzene rings is 1. The number of halogens is 1. The van der Waals surface area contributed by atoms with Gasteiger partial charge in [0.25, 0.3) is 5.56 Å². The Kier molecular flexibility index (Phi) is 6.42. The number of nitrogens with zero attached hydrogens (tertiary/aromatic N) is 4. The Morgan fingerprint density at radius 3 is 2.73 bits per heavy atom. The fraction of sp³-hybridized carbons (Fsp3) is 0.333. The van der Waals surface area contributed by atoms with Crippen LogP contribution in [0.1, 0.15) is 37.4 Å². The van der Waals surface area contributed by atoms with Crippen LogP contribution in [0.5, 0.6) is 0 Å². The number of amides is 1. The van der Waals surface area contributed by atoms with E-state index in [2.05, 4.69) is 29.2 Å². The van der Waals surface area contributed by atoms with E-state index in [0.29, 0.717) is 51.5 Å². The van der Waals surface area contributed by atoms with E-state index in [0.717, 1.165) is 6.42 Å². The lowest BCUT2D eigenvalue weighted by Crippen LogP contribution is -2.28. The standard InChI is InChI=1S/C24H26FN5O2S/c1-14(2)9-10-26-21(31)12-17-13-33-24-27-16(4)22(23(32)29(17)24)19-11-15(3)30(28-19)20-8-6-5-7-18(20)25/h5-8,11,13-14H,9-10,12H2,1-4H3,(H,26,31). The molecule has 0 aliphatic carbocycles. The van der Waals surface area contributed by atoms with Gasteiger partial charge in [0, 0.05) is 23.3 Å². The van der Waals surface area contributed by atoms with Crippen molar-refractivity contribution in [2.75, 3.05) is 6.54 Å². The molecule has 3 aromatic heterocycles. The predicted octanol–water partition coefficient (Wildman–Crippen LogP) is 4.07. The summed E-state index contributed by atoms with van der Waals surface area (Å²) >= 11 is 1.32. The summed E-state index contributed by atoms with van der Waals surface area (Å²) in [5.74, 6) is -0.0397. The van der Waals surface area contributed by atoms with Crippen molar-refractivity contribution in [3.8, 4) is 16.9 Å². The number of rotatable bonds is 7. The summed E-state index contributed by atoms with van der Waals surface area (Å²) in [6.07, 6.45) is 0.982. The van der Waals surface area contributed by atoms with E-state index < -0.39 is 5.82 Å². The van der Waals surface area contributed by atoms with Crippen molar-refractivity contribution < 1.29 is 9.18 Å². The molecule has 0 fully saturated rings. The number of para-hydroxylation sites is 1. The topological polar surface area (TPSA) is 81.3 Å². The number of thiazole rings is 1. The number of aromatic nitrogens is 4. The van der Waals surface area contributed by atoms with Crippen LogP contribution in [-0.4, -0.2) is 31.6 Å². The van der Waals surface area contributed by atoms with Crippen LogP contribution in [0.2, 0.25) is 0 Å². The van der Waals surface area contributed by atoms with E-state index in [4.69, 9.17) is 0 Å². The summed E-state index contributed by atoms with van der Waals surface area (Å²) in [7, 11) is 0. The summed E-state index contributed by atoms with van der Waals surface area (Å²) in [5.41, 5.74) is 2.58. The van der Waals surface area contributed by atoms with Crippen LogP contribution >= 0.6 is 11.3 Å². The molecule has 1 N–H and O–H groups in total. The molecule has 9 heteroatoms. The van der Waals surface area contributed by atoms with Crippen LogP contribution in [0.15, 0.2) is 40.5 Å². The summed E-state index contributed by atoms with van der Waals surface area (Å²) < 4.78 is 17.3. The molecule has 4 rings (SSSR count). The molecule has 0 aliphatic rings. The van der Waals surface area contributed by atoms with E-state index in [1.165, 1.54) is 26.5 Å². The average molecular weight is 468 g/mol. The third kappa shape index (κ3) is 4.59. The van der Waals surface area contributed by atoms with Crippen LogP contribution in [0, 0.1) is 25.6 Å². The Balaban J connectivity index is 1.72. The maximum atomic E-state index is 14.3. The number of nitrogens with one attached hydrogen (secondary N) is 1. The van der Waals surface area contributed by atoms with Gasteiger partial charge >= 0.3 is 0 Å². The maximum absolute atomic E-state index is 14.3. The molecule has 0 bridgehead atoms. The SMILES string of the molecule is Cc1nc2scc(CC(=O)NCCC(C)C)n2c(=O)c1-c1cc(C)n(-c2ccccc2F)n1. The Hall–Kier alpha value is -3.33. The summed E-state index contributed by atoms with van der Waals surface area (Å²) in [6.45, 7) is 8.36. The first-order valence-corrected chi connectivity index (χ1v) is 11.7. The molecule has 7 nitrogen and oxygen atoms in total. The highest BCUT2D eigenvalue weighted by Crippen LogP contribution is 2.24. The normalized spacial score (nSPS) is 11.5. The van der Waals surface area contributed by atoms with Gasteiger partial charge in [-0.3, -0.25) is 14.0 Å². The lowest BCUT2D eigenvalue weighted by Gasteiger charge is -2.08. The molecule has 0 aliphatic heterocycles. The lowest BCUT2D eigenvalue weighted by atomic mass is 10.1. The Bertz CT molecular complexity index is 1390. The van der Waals surface area contributed by atoms with Gasteiger partial charge in [0.15, 0.2) is 4.96 Å². The van der Waals surface area contributed by atoms with Crippen molar-refractivity contribution >= 4 is 22.2 Å². The Labute approximate surface area is 194 Å². The van der Waals surface area contributed by atoms with Gasteiger partial charge in [0.1, 0.15) is 17.2 Å². The fourth-order valence-electron chi connectivity index (χ4n) is 3.72. The molecule has 1 amide bonds. The van der Waals surface area contributed by atoms with Crippen molar-refractivity contribution in [2.45, 2.75) is 40.5 Å². The number of aryl methyl sites for hydroxylation is 2. The lowest BCUT2D eigenvalue weighted by molar-refractivity contribution is -0.120.